The van der Waals surface area contributed by atoms with E-state index in [-0.39, 0.29) is 17.3 Å². The van der Waals surface area contributed by atoms with E-state index in [4.69, 9.17) is 5.26 Å². The van der Waals surface area contributed by atoms with Crippen LogP contribution in [0.4, 0.5) is 23.0 Å². The first-order chi connectivity index (χ1) is 10.1. The van der Waals surface area contributed by atoms with Crippen LogP contribution in [0.5, 0.6) is 0 Å². The van der Waals surface area contributed by atoms with Crippen molar-refractivity contribution < 1.29 is 4.92 Å². The maximum atomic E-state index is 11.2. The van der Waals surface area contributed by atoms with E-state index in [2.05, 4.69) is 36.5 Å². The van der Waals surface area contributed by atoms with E-state index in [0.29, 0.717) is 15.7 Å². The SMILES string of the molecule is CNc1ncnc(Nc2ccc(C#N)cc2Br)c1[N+](=O)[O-]. The molecule has 0 aliphatic heterocycles. The van der Waals surface area contributed by atoms with Crippen molar-refractivity contribution in [2.24, 2.45) is 0 Å². The van der Waals surface area contributed by atoms with E-state index in [1.165, 1.54) is 13.4 Å². The Balaban J connectivity index is 2.45. The van der Waals surface area contributed by atoms with Gasteiger partial charge < -0.3 is 10.6 Å². The third-order valence-electron chi connectivity index (χ3n) is 2.59. The van der Waals surface area contributed by atoms with Crippen LogP contribution in [-0.4, -0.2) is 21.9 Å². The van der Waals surface area contributed by atoms with Crippen molar-refractivity contribution in [1.82, 2.24) is 9.97 Å². The van der Waals surface area contributed by atoms with Crippen molar-refractivity contribution in [3.05, 3.63) is 44.7 Å². The maximum absolute atomic E-state index is 11.2. The number of hydrogen-bond donors (Lipinski definition) is 2. The van der Waals surface area contributed by atoms with Crippen LogP contribution in [0.15, 0.2) is 29.0 Å². The van der Waals surface area contributed by atoms with Gasteiger partial charge in [-0.1, -0.05) is 0 Å². The number of benzene rings is 1. The molecule has 0 radical (unpaired) electrons. The van der Waals surface area contributed by atoms with Gasteiger partial charge in [0.15, 0.2) is 0 Å². The second-order valence-corrected chi connectivity index (χ2v) is 4.71. The fraction of sp³-hybridized carbons (Fsp3) is 0.0833. The minimum atomic E-state index is -0.564. The standard InChI is InChI=1S/C12H9BrN6O2/c1-15-11-10(19(20)21)12(17-6-16-11)18-9-3-2-7(5-14)4-8(9)13/h2-4,6H,1H3,(H2,15,16,17,18). The molecule has 1 heterocycles. The Morgan fingerprint density at radius 1 is 1.38 bits per heavy atom. The van der Waals surface area contributed by atoms with E-state index in [9.17, 15) is 10.1 Å². The fourth-order valence-electron chi connectivity index (χ4n) is 1.64. The summed E-state index contributed by atoms with van der Waals surface area (Å²) in [6.07, 6.45) is 1.22. The molecule has 2 rings (SSSR count). The van der Waals surface area contributed by atoms with Crippen LogP contribution in [0.2, 0.25) is 0 Å². The highest BCUT2D eigenvalue weighted by atomic mass is 79.9. The highest BCUT2D eigenvalue weighted by molar-refractivity contribution is 9.10. The summed E-state index contributed by atoms with van der Waals surface area (Å²) >= 11 is 3.30. The molecule has 0 fully saturated rings. The molecule has 0 aliphatic rings. The molecule has 0 unspecified atom stereocenters. The Morgan fingerprint density at radius 3 is 2.67 bits per heavy atom. The molecule has 0 amide bonds. The van der Waals surface area contributed by atoms with Crippen LogP contribution >= 0.6 is 15.9 Å². The van der Waals surface area contributed by atoms with Crippen molar-refractivity contribution in [1.29, 1.82) is 5.26 Å². The van der Waals surface area contributed by atoms with Crippen molar-refractivity contribution in [3.63, 3.8) is 0 Å². The molecule has 2 N–H and O–H groups in total. The molecule has 0 saturated heterocycles. The first-order valence-electron chi connectivity index (χ1n) is 5.70. The van der Waals surface area contributed by atoms with Gasteiger partial charge in [-0.3, -0.25) is 10.1 Å². The second-order valence-electron chi connectivity index (χ2n) is 3.86. The molecule has 0 aliphatic carbocycles. The monoisotopic (exact) mass is 348 g/mol. The molecule has 1 aromatic heterocycles. The Bertz CT molecular complexity index is 743. The van der Waals surface area contributed by atoms with Gasteiger partial charge in [-0.25, -0.2) is 9.97 Å². The highest BCUT2D eigenvalue weighted by Gasteiger charge is 2.22. The summed E-state index contributed by atoms with van der Waals surface area (Å²) in [6, 6.07) is 6.84. The van der Waals surface area contributed by atoms with Crippen molar-refractivity contribution >= 4 is 38.9 Å². The summed E-state index contributed by atoms with van der Waals surface area (Å²) in [5.74, 6) is 0.173. The van der Waals surface area contributed by atoms with Crippen molar-refractivity contribution in [2.45, 2.75) is 0 Å². The van der Waals surface area contributed by atoms with E-state index in [0.717, 1.165) is 0 Å². The molecular formula is C12H9BrN6O2. The van der Waals surface area contributed by atoms with Crippen molar-refractivity contribution in [2.75, 3.05) is 17.7 Å². The normalized spacial score (nSPS) is 9.76. The van der Waals surface area contributed by atoms with Crippen LogP contribution < -0.4 is 10.6 Å². The molecule has 0 bridgehead atoms. The number of nitro groups is 1. The lowest BCUT2D eigenvalue weighted by atomic mass is 10.2. The Kier molecular flexibility index (Phi) is 4.30. The summed E-state index contributed by atoms with van der Waals surface area (Å²) in [7, 11) is 1.54. The minimum Gasteiger partial charge on any atom is -0.367 e. The van der Waals surface area contributed by atoms with Crippen LogP contribution in [0.1, 0.15) is 5.56 Å². The molecule has 0 atom stereocenters. The number of nitrogens with one attached hydrogen (secondary N) is 2. The van der Waals surface area contributed by atoms with Gasteiger partial charge in [0, 0.05) is 11.5 Å². The lowest BCUT2D eigenvalue weighted by molar-refractivity contribution is -0.383. The zero-order valence-electron chi connectivity index (χ0n) is 10.8. The van der Waals surface area contributed by atoms with E-state index < -0.39 is 4.92 Å². The molecule has 0 spiro atoms. The van der Waals surface area contributed by atoms with E-state index in [1.807, 2.05) is 6.07 Å². The molecule has 21 heavy (non-hydrogen) atoms. The molecule has 9 heteroatoms. The average Bonchev–Trinajstić information content (AvgIpc) is 2.48. The van der Waals surface area contributed by atoms with Crippen LogP contribution in [0.25, 0.3) is 0 Å². The average molecular weight is 349 g/mol. The summed E-state index contributed by atoms with van der Waals surface area (Å²) in [5.41, 5.74) is 0.773. The molecular weight excluding hydrogens is 340 g/mol. The lowest BCUT2D eigenvalue weighted by Crippen LogP contribution is -2.05. The lowest BCUT2D eigenvalue weighted by Gasteiger charge is -2.09. The zero-order chi connectivity index (χ0) is 15.4. The topological polar surface area (TPSA) is 117 Å². The van der Waals surface area contributed by atoms with Gasteiger partial charge in [0.1, 0.15) is 6.33 Å². The highest BCUT2D eigenvalue weighted by Crippen LogP contribution is 2.33. The molecule has 106 valence electrons. The molecule has 0 saturated carbocycles. The Labute approximate surface area is 128 Å². The smallest absolute Gasteiger partial charge is 0.353 e. The van der Waals surface area contributed by atoms with Gasteiger partial charge in [0.2, 0.25) is 11.6 Å². The summed E-state index contributed by atoms with van der Waals surface area (Å²) in [4.78, 5) is 18.3. The van der Waals surface area contributed by atoms with Crippen LogP contribution in [-0.2, 0) is 0 Å². The van der Waals surface area contributed by atoms with Gasteiger partial charge in [0.25, 0.3) is 0 Å². The Morgan fingerprint density at radius 2 is 2.10 bits per heavy atom. The predicted octanol–water partition coefficient (Wildman–Crippen LogP) is 2.80. The molecule has 1 aromatic carbocycles. The number of anilines is 3. The van der Waals surface area contributed by atoms with Crippen molar-refractivity contribution in [3.8, 4) is 6.07 Å². The fourth-order valence-corrected chi connectivity index (χ4v) is 2.12. The van der Waals surface area contributed by atoms with Gasteiger partial charge in [-0.2, -0.15) is 5.26 Å². The predicted molar refractivity (Wildman–Crippen MR) is 80.4 cm³/mol. The van der Waals surface area contributed by atoms with E-state index >= 15 is 0 Å². The van der Waals surface area contributed by atoms with Gasteiger partial charge in [-0.05, 0) is 34.1 Å². The quantitative estimate of drug-likeness (QED) is 0.644. The summed E-state index contributed by atoms with van der Waals surface area (Å²) < 4.78 is 0.598. The minimum absolute atomic E-state index is 0.0600. The number of aromatic nitrogens is 2. The molecule has 2 aromatic rings. The second kappa shape index (κ2) is 6.15. The van der Waals surface area contributed by atoms with Gasteiger partial charge in [-0.15, -0.1) is 0 Å². The number of nitriles is 1. The van der Waals surface area contributed by atoms with Gasteiger partial charge >= 0.3 is 5.69 Å². The number of hydrogen-bond acceptors (Lipinski definition) is 7. The number of rotatable bonds is 4. The third kappa shape index (κ3) is 3.06. The Hall–Kier alpha value is -2.73. The summed E-state index contributed by atoms with van der Waals surface area (Å²) in [6.45, 7) is 0. The van der Waals surface area contributed by atoms with Gasteiger partial charge in [0.05, 0.1) is 22.2 Å². The first-order valence-corrected chi connectivity index (χ1v) is 6.50. The third-order valence-corrected chi connectivity index (χ3v) is 3.25. The van der Waals surface area contributed by atoms with E-state index in [1.54, 1.807) is 18.2 Å². The largest absolute Gasteiger partial charge is 0.367 e. The van der Waals surface area contributed by atoms with Crippen LogP contribution in [0, 0.1) is 21.4 Å². The zero-order valence-corrected chi connectivity index (χ0v) is 12.4. The van der Waals surface area contributed by atoms with Crippen LogP contribution in [0.3, 0.4) is 0 Å². The molecule has 8 nitrogen and oxygen atoms in total. The first kappa shape index (κ1) is 14.7. The summed E-state index contributed by atoms with van der Waals surface area (Å²) in [5, 5.41) is 25.5. The number of nitrogens with zero attached hydrogens (tertiary/aromatic N) is 4. The number of halogens is 1. The maximum Gasteiger partial charge on any atom is 0.353 e.